The lowest BCUT2D eigenvalue weighted by atomic mass is 9.78. The number of fused-ring (bicyclic) bond motifs is 2. The third-order valence-electron chi connectivity index (χ3n) is 7.87. The van der Waals surface area contributed by atoms with Crippen LogP contribution in [0, 0.1) is 18.7 Å². The van der Waals surface area contributed by atoms with E-state index in [0.717, 1.165) is 18.4 Å². The minimum Gasteiger partial charge on any atom is -0.457 e. The molecule has 0 spiro atoms. The molecule has 2 N–H and O–H groups in total. The van der Waals surface area contributed by atoms with Crippen LogP contribution in [0.15, 0.2) is 55.5 Å². The standard InChI is InChI=1S/C30H30FN9O2/c1-5-26(41)35-21-12-18(7-6-16(21)2)29-32-14-23-28(37-29)30(34-15-33-23)36-20-9-11-25(17(3)27(20)31)42-19-8-10-24-22(13-19)38-39-40(24)4/h5,8-11,13-16,18,21H,1,6-7,12H2,2-4H3,(H,35,41)(H,33,34,36)/t16-,18?,21-/m0/s1. The number of benzene rings is 2. The predicted octanol–water partition coefficient (Wildman–Crippen LogP) is 5.26. The Bertz CT molecular complexity index is 1820. The molecule has 1 aliphatic carbocycles. The Hall–Kier alpha value is -5.00. The van der Waals surface area contributed by atoms with Crippen LogP contribution >= 0.6 is 0 Å². The van der Waals surface area contributed by atoms with Gasteiger partial charge in [0, 0.05) is 30.6 Å². The van der Waals surface area contributed by atoms with Gasteiger partial charge in [-0.2, -0.15) is 0 Å². The predicted molar refractivity (Wildman–Crippen MR) is 156 cm³/mol. The zero-order valence-electron chi connectivity index (χ0n) is 23.5. The zero-order valence-corrected chi connectivity index (χ0v) is 23.5. The molecule has 1 unspecified atom stereocenters. The molecular formula is C30H30FN9O2. The summed E-state index contributed by atoms with van der Waals surface area (Å²) in [5, 5.41) is 14.2. The molecule has 12 heteroatoms. The van der Waals surface area contributed by atoms with Crippen molar-refractivity contribution in [2.75, 3.05) is 5.32 Å². The van der Waals surface area contributed by atoms with Crippen LogP contribution in [0.4, 0.5) is 15.9 Å². The molecule has 1 fully saturated rings. The fourth-order valence-corrected chi connectivity index (χ4v) is 5.37. The molecule has 1 saturated carbocycles. The maximum Gasteiger partial charge on any atom is 0.243 e. The van der Waals surface area contributed by atoms with Crippen LogP contribution in [0.25, 0.3) is 22.1 Å². The summed E-state index contributed by atoms with van der Waals surface area (Å²) in [6.07, 6.45) is 6.87. The van der Waals surface area contributed by atoms with Crippen molar-refractivity contribution in [2.24, 2.45) is 13.0 Å². The van der Waals surface area contributed by atoms with E-state index in [-0.39, 0.29) is 23.6 Å². The molecule has 1 aliphatic rings. The Balaban J connectivity index is 1.25. The Labute approximate surface area is 241 Å². The quantitative estimate of drug-likeness (QED) is 0.253. The van der Waals surface area contributed by atoms with Crippen LogP contribution < -0.4 is 15.4 Å². The van der Waals surface area contributed by atoms with Gasteiger partial charge in [-0.3, -0.25) is 4.79 Å². The lowest BCUT2D eigenvalue weighted by Gasteiger charge is -2.34. The number of nitrogens with one attached hydrogen (secondary N) is 2. The maximum absolute atomic E-state index is 15.6. The van der Waals surface area contributed by atoms with Gasteiger partial charge in [0.15, 0.2) is 11.6 Å². The number of hydrogen-bond acceptors (Lipinski definition) is 9. The van der Waals surface area contributed by atoms with E-state index in [1.807, 2.05) is 13.1 Å². The fraction of sp³-hybridized carbons (Fsp3) is 0.300. The molecule has 0 radical (unpaired) electrons. The topological polar surface area (TPSA) is 133 Å². The molecule has 3 atom stereocenters. The number of carbonyl (C=O) groups excluding carboxylic acids is 1. The van der Waals surface area contributed by atoms with Gasteiger partial charge in [0.25, 0.3) is 0 Å². The molecule has 6 rings (SSSR count). The Morgan fingerprint density at radius 2 is 2.02 bits per heavy atom. The van der Waals surface area contributed by atoms with Gasteiger partial charge in [-0.1, -0.05) is 18.7 Å². The molecule has 0 bridgehead atoms. The number of amides is 1. The summed E-state index contributed by atoms with van der Waals surface area (Å²) >= 11 is 0. The van der Waals surface area contributed by atoms with Gasteiger partial charge in [0.1, 0.15) is 40.2 Å². The second kappa shape index (κ2) is 11.1. The Morgan fingerprint density at radius 3 is 2.86 bits per heavy atom. The highest BCUT2D eigenvalue weighted by Crippen LogP contribution is 2.36. The van der Waals surface area contributed by atoms with E-state index >= 15 is 4.39 Å². The second-order valence-electron chi connectivity index (χ2n) is 10.6. The average molecular weight is 568 g/mol. The van der Waals surface area contributed by atoms with E-state index in [1.165, 1.54) is 12.4 Å². The van der Waals surface area contributed by atoms with Crippen molar-refractivity contribution in [3.05, 3.63) is 72.7 Å². The SMILES string of the molecule is C=CC(=O)N[C@H]1CC(c2ncc3ncnc(Nc4ccc(Oc5ccc6c(c5)nnn6C)c(C)c4F)c3n2)CC[C@@H]1C. The first-order chi connectivity index (χ1) is 20.3. The van der Waals surface area contributed by atoms with Crippen molar-refractivity contribution in [1.82, 2.24) is 40.2 Å². The molecule has 214 valence electrons. The molecule has 0 saturated heterocycles. The van der Waals surface area contributed by atoms with Crippen LogP contribution in [-0.2, 0) is 11.8 Å². The lowest BCUT2D eigenvalue weighted by molar-refractivity contribution is -0.117. The van der Waals surface area contributed by atoms with Gasteiger partial charge >= 0.3 is 0 Å². The van der Waals surface area contributed by atoms with Gasteiger partial charge in [-0.15, -0.1) is 5.10 Å². The first-order valence-electron chi connectivity index (χ1n) is 13.7. The summed E-state index contributed by atoms with van der Waals surface area (Å²) in [5.74, 6) is 1.63. The lowest BCUT2D eigenvalue weighted by Crippen LogP contribution is -2.42. The third-order valence-corrected chi connectivity index (χ3v) is 7.87. The van der Waals surface area contributed by atoms with E-state index in [1.54, 1.807) is 42.1 Å². The summed E-state index contributed by atoms with van der Waals surface area (Å²) in [6.45, 7) is 7.34. The first kappa shape index (κ1) is 27.2. The summed E-state index contributed by atoms with van der Waals surface area (Å²) in [7, 11) is 1.81. The number of aryl methyl sites for hydroxylation is 1. The Morgan fingerprint density at radius 1 is 1.17 bits per heavy atom. The van der Waals surface area contributed by atoms with Gasteiger partial charge < -0.3 is 15.4 Å². The monoisotopic (exact) mass is 567 g/mol. The average Bonchev–Trinajstić information content (AvgIpc) is 3.37. The molecule has 3 aromatic heterocycles. The smallest absolute Gasteiger partial charge is 0.243 e. The number of carbonyl (C=O) groups is 1. The van der Waals surface area contributed by atoms with Crippen molar-refractivity contribution in [3.63, 3.8) is 0 Å². The van der Waals surface area contributed by atoms with Gasteiger partial charge in [-0.25, -0.2) is 29.0 Å². The van der Waals surface area contributed by atoms with Gasteiger partial charge in [-0.05, 0) is 62.4 Å². The van der Waals surface area contributed by atoms with Crippen molar-refractivity contribution in [2.45, 2.75) is 45.1 Å². The van der Waals surface area contributed by atoms with Crippen LogP contribution in [-0.4, -0.2) is 46.9 Å². The number of ether oxygens (including phenoxy) is 1. The van der Waals surface area contributed by atoms with Crippen molar-refractivity contribution in [3.8, 4) is 11.5 Å². The molecular weight excluding hydrogens is 537 g/mol. The number of rotatable bonds is 7. The summed E-state index contributed by atoms with van der Waals surface area (Å²) < 4.78 is 23.3. The number of nitrogens with zero attached hydrogens (tertiary/aromatic N) is 7. The van der Waals surface area contributed by atoms with Crippen LogP contribution in [0.2, 0.25) is 0 Å². The fourth-order valence-electron chi connectivity index (χ4n) is 5.37. The van der Waals surface area contributed by atoms with Crippen LogP contribution in [0.3, 0.4) is 0 Å². The summed E-state index contributed by atoms with van der Waals surface area (Å²) in [4.78, 5) is 30.0. The molecule has 42 heavy (non-hydrogen) atoms. The molecule has 2 aromatic carbocycles. The zero-order chi connectivity index (χ0) is 29.4. The largest absolute Gasteiger partial charge is 0.457 e. The first-order valence-corrected chi connectivity index (χ1v) is 13.7. The van der Waals surface area contributed by atoms with Crippen LogP contribution in [0.1, 0.15) is 43.5 Å². The highest BCUT2D eigenvalue weighted by molar-refractivity contribution is 5.87. The molecule has 1 amide bonds. The Kier molecular flexibility index (Phi) is 7.19. The maximum atomic E-state index is 15.6. The number of hydrogen-bond donors (Lipinski definition) is 2. The summed E-state index contributed by atoms with van der Waals surface area (Å²) in [6, 6.07) is 8.71. The van der Waals surface area contributed by atoms with Gasteiger partial charge in [0.2, 0.25) is 5.91 Å². The van der Waals surface area contributed by atoms with Crippen molar-refractivity contribution < 1.29 is 13.9 Å². The highest BCUT2D eigenvalue weighted by atomic mass is 19.1. The van der Waals surface area contributed by atoms with E-state index in [2.05, 4.69) is 49.4 Å². The number of halogens is 1. The molecule has 11 nitrogen and oxygen atoms in total. The van der Waals surface area contributed by atoms with Crippen LogP contribution in [0.5, 0.6) is 11.5 Å². The van der Waals surface area contributed by atoms with Crippen molar-refractivity contribution >= 4 is 39.5 Å². The normalized spacial score (nSPS) is 18.6. The number of anilines is 2. The van der Waals surface area contributed by atoms with E-state index in [0.29, 0.717) is 57.6 Å². The highest BCUT2D eigenvalue weighted by Gasteiger charge is 2.31. The van der Waals surface area contributed by atoms with E-state index in [4.69, 9.17) is 9.72 Å². The minimum absolute atomic E-state index is 0.00138. The van der Waals surface area contributed by atoms with E-state index in [9.17, 15) is 4.79 Å². The molecule has 3 heterocycles. The third kappa shape index (κ3) is 5.22. The second-order valence-corrected chi connectivity index (χ2v) is 10.6. The summed E-state index contributed by atoms with van der Waals surface area (Å²) in [5.41, 5.74) is 3.13. The van der Waals surface area contributed by atoms with E-state index < -0.39 is 5.82 Å². The number of aromatic nitrogens is 7. The molecule has 0 aliphatic heterocycles. The minimum atomic E-state index is -0.476. The van der Waals surface area contributed by atoms with Gasteiger partial charge in [0.05, 0.1) is 17.4 Å². The molecule has 5 aromatic rings. The van der Waals surface area contributed by atoms with Crippen molar-refractivity contribution in [1.29, 1.82) is 0 Å².